The second-order valence-electron chi connectivity index (χ2n) is 5.20. The van der Waals surface area contributed by atoms with Crippen molar-refractivity contribution in [3.8, 4) is 0 Å². The van der Waals surface area contributed by atoms with E-state index in [0.717, 1.165) is 24.3 Å². The summed E-state index contributed by atoms with van der Waals surface area (Å²) in [5, 5.41) is 2.19. The molecule has 3 nitrogen and oxygen atoms in total. The number of amides is 1. The van der Waals surface area contributed by atoms with E-state index in [4.69, 9.17) is 11.6 Å². The van der Waals surface area contributed by atoms with Gasteiger partial charge in [-0.3, -0.25) is 4.79 Å². The molecular formula is C16H13ClF4N2O. The van der Waals surface area contributed by atoms with Gasteiger partial charge in [-0.2, -0.15) is 13.2 Å². The monoisotopic (exact) mass is 360 g/mol. The van der Waals surface area contributed by atoms with E-state index in [2.05, 4.69) is 5.32 Å². The molecule has 0 bridgehead atoms. The smallest absolute Gasteiger partial charge is 0.378 e. The highest BCUT2D eigenvalue weighted by Crippen LogP contribution is 2.37. The Labute approximate surface area is 140 Å². The van der Waals surface area contributed by atoms with Crippen molar-refractivity contribution in [2.45, 2.75) is 6.18 Å². The van der Waals surface area contributed by atoms with Crippen LogP contribution in [0.3, 0.4) is 0 Å². The van der Waals surface area contributed by atoms with E-state index in [9.17, 15) is 22.4 Å². The molecule has 0 saturated heterocycles. The first-order chi connectivity index (χ1) is 11.1. The van der Waals surface area contributed by atoms with Gasteiger partial charge in [0.15, 0.2) is 0 Å². The minimum absolute atomic E-state index is 0.0977. The van der Waals surface area contributed by atoms with Crippen LogP contribution in [0, 0.1) is 5.82 Å². The van der Waals surface area contributed by atoms with E-state index in [0.29, 0.717) is 5.69 Å². The fourth-order valence-electron chi connectivity index (χ4n) is 2.02. The molecule has 0 unspecified atom stereocenters. The summed E-state index contributed by atoms with van der Waals surface area (Å²) in [6.45, 7) is 0. The fourth-order valence-corrected chi connectivity index (χ4v) is 2.19. The van der Waals surface area contributed by atoms with Crippen molar-refractivity contribution in [3.63, 3.8) is 0 Å². The van der Waals surface area contributed by atoms with Crippen molar-refractivity contribution in [3.05, 3.63) is 58.4 Å². The summed E-state index contributed by atoms with van der Waals surface area (Å²) < 4.78 is 53.3. The maximum Gasteiger partial charge on any atom is 0.418 e. The highest BCUT2D eigenvalue weighted by molar-refractivity contribution is 6.31. The molecule has 8 heteroatoms. The topological polar surface area (TPSA) is 32.3 Å². The first-order valence-corrected chi connectivity index (χ1v) is 7.12. The molecule has 0 fully saturated rings. The molecule has 0 heterocycles. The average Bonchev–Trinajstić information content (AvgIpc) is 2.48. The third-order valence-electron chi connectivity index (χ3n) is 3.25. The quantitative estimate of drug-likeness (QED) is 0.796. The van der Waals surface area contributed by atoms with Gasteiger partial charge in [0.25, 0.3) is 5.91 Å². The molecule has 24 heavy (non-hydrogen) atoms. The van der Waals surface area contributed by atoms with Crippen LogP contribution in [0.25, 0.3) is 0 Å². The Morgan fingerprint density at radius 1 is 1.12 bits per heavy atom. The molecule has 0 aliphatic carbocycles. The van der Waals surface area contributed by atoms with E-state index in [1.165, 1.54) is 17.0 Å². The number of halogens is 5. The van der Waals surface area contributed by atoms with Gasteiger partial charge >= 0.3 is 6.18 Å². The Balaban J connectivity index is 2.42. The Morgan fingerprint density at radius 2 is 1.79 bits per heavy atom. The molecular weight excluding hydrogens is 348 g/mol. The minimum Gasteiger partial charge on any atom is -0.378 e. The highest BCUT2D eigenvalue weighted by atomic mass is 35.5. The van der Waals surface area contributed by atoms with Gasteiger partial charge in [-0.05, 0) is 36.4 Å². The van der Waals surface area contributed by atoms with Crippen molar-refractivity contribution in [2.24, 2.45) is 0 Å². The second kappa shape index (κ2) is 6.68. The summed E-state index contributed by atoms with van der Waals surface area (Å²) in [5.74, 6) is -1.89. The van der Waals surface area contributed by atoms with Crippen LogP contribution in [-0.4, -0.2) is 20.0 Å². The standard InChI is InChI=1S/C16H13ClF4N2O/c1-23(2)10-4-6-14(12(8-10)16(19,20)21)22-15(24)11-7-9(17)3-5-13(11)18/h3-8H,1-2H3,(H,22,24). The molecule has 2 aromatic rings. The lowest BCUT2D eigenvalue weighted by Gasteiger charge is -2.18. The maximum atomic E-state index is 13.7. The molecule has 0 aromatic heterocycles. The Kier molecular flexibility index (Phi) is 5.03. The number of hydrogen-bond acceptors (Lipinski definition) is 2. The predicted molar refractivity (Wildman–Crippen MR) is 85.1 cm³/mol. The van der Waals surface area contributed by atoms with Crippen molar-refractivity contribution in [1.29, 1.82) is 0 Å². The summed E-state index contributed by atoms with van der Waals surface area (Å²) >= 11 is 5.69. The summed E-state index contributed by atoms with van der Waals surface area (Å²) in [5.41, 5.74) is -1.61. The van der Waals surface area contributed by atoms with Gasteiger partial charge in [-0.15, -0.1) is 0 Å². The zero-order chi connectivity index (χ0) is 18.1. The summed E-state index contributed by atoms with van der Waals surface area (Å²) in [6.07, 6.45) is -4.68. The number of nitrogens with one attached hydrogen (secondary N) is 1. The molecule has 0 spiro atoms. The lowest BCUT2D eigenvalue weighted by atomic mass is 10.1. The van der Waals surface area contributed by atoms with Crippen LogP contribution in [0.1, 0.15) is 15.9 Å². The number of alkyl halides is 3. The molecule has 128 valence electrons. The van der Waals surface area contributed by atoms with Crippen molar-refractivity contribution in [1.82, 2.24) is 0 Å². The third-order valence-corrected chi connectivity index (χ3v) is 3.48. The maximum absolute atomic E-state index is 13.7. The lowest BCUT2D eigenvalue weighted by molar-refractivity contribution is -0.136. The zero-order valence-corrected chi connectivity index (χ0v) is 13.5. The third kappa shape index (κ3) is 3.97. The molecule has 0 radical (unpaired) electrons. The second-order valence-corrected chi connectivity index (χ2v) is 5.64. The number of carbonyl (C=O) groups excluding carboxylic acids is 1. The number of carbonyl (C=O) groups is 1. The number of anilines is 2. The van der Waals surface area contributed by atoms with Gasteiger partial charge in [-0.1, -0.05) is 11.6 Å². The summed E-state index contributed by atoms with van der Waals surface area (Å²) in [7, 11) is 3.18. The molecule has 0 aliphatic rings. The average molecular weight is 361 g/mol. The summed E-state index contributed by atoms with van der Waals surface area (Å²) in [4.78, 5) is 13.6. The van der Waals surface area contributed by atoms with Gasteiger partial charge in [0.05, 0.1) is 16.8 Å². The SMILES string of the molecule is CN(C)c1ccc(NC(=O)c2cc(Cl)ccc2F)c(C(F)(F)F)c1. The molecule has 0 saturated carbocycles. The zero-order valence-electron chi connectivity index (χ0n) is 12.7. The van der Waals surface area contributed by atoms with Gasteiger partial charge in [0.1, 0.15) is 5.82 Å². The molecule has 2 rings (SSSR count). The Morgan fingerprint density at radius 3 is 2.38 bits per heavy atom. The van der Waals surface area contributed by atoms with Crippen molar-refractivity contribution in [2.75, 3.05) is 24.3 Å². The van der Waals surface area contributed by atoms with Gasteiger partial charge in [0.2, 0.25) is 0 Å². The molecule has 0 aliphatic heterocycles. The van der Waals surface area contributed by atoms with Crippen LogP contribution in [0.2, 0.25) is 5.02 Å². The minimum atomic E-state index is -4.68. The molecule has 2 aromatic carbocycles. The van der Waals surface area contributed by atoms with Crippen molar-refractivity contribution < 1.29 is 22.4 Å². The normalized spacial score (nSPS) is 11.3. The molecule has 0 atom stereocenters. The van der Waals surface area contributed by atoms with Crippen LogP contribution >= 0.6 is 11.6 Å². The van der Waals surface area contributed by atoms with Crippen LogP contribution < -0.4 is 10.2 Å². The highest BCUT2D eigenvalue weighted by Gasteiger charge is 2.34. The predicted octanol–water partition coefficient (Wildman–Crippen LogP) is 4.82. The van der Waals surface area contributed by atoms with E-state index in [-0.39, 0.29) is 5.02 Å². The number of nitrogens with zero attached hydrogens (tertiary/aromatic N) is 1. The van der Waals surface area contributed by atoms with E-state index < -0.39 is 34.7 Å². The first-order valence-electron chi connectivity index (χ1n) is 6.74. The Bertz CT molecular complexity index is 775. The van der Waals surface area contributed by atoms with Crippen LogP contribution in [0.4, 0.5) is 28.9 Å². The first kappa shape index (κ1) is 18.1. The fraction of sp³-hybridized carbons (Fsp3) is 0.188. The van der Waals surface area contributed by atoms with Crippen molar-refractivity contribution >= 4 is 28.9 Å². The van der Waals surface area contributed by atoms with E-state index in [1.807, 2.05) is 0 Å². The molecule has 1 amide bonds. The van der Waals surface area contributed by atoms with Gasteiger partial charge in [-0.25, -0.2) is 4.39 Å². The van der Waals surface area contributed by atoms with Gasteiger partial charge in [0, 0.05) is 24.8 Å². The number of hydrogen-bond donors (Lipinski definition) is 1. The number of rotatable bonds is 3. The molecule has 1 N–H and O–H groups in total. The van der Waals surface area contributed by atoms with Crippen LogP contribution in [-0.2, 0) is 6.18 Å². The largest absolute Gasteiger partial charge is 0.418 e. The Hall–Kier alpha value is -2.28. The van der Waals surface area contributed by atoms with Crippen LogP contribution in [0.5, 0.6) is 0 Å². The van der Waals surface area contributed by atoms with E-state index in [1.54, 1.807) is 14.1 Å². The van der Waals surface area contributed by atoms with E-state index >= 15 is 0 Å². The van der Waals surface area contributed by atoms with Gasteiger partial charge < -0.3 is 10.2 Å². The lowest BCUT2D eigenvalue weighted by Crippen LogP contribution is -2.19. The van der Waals surface area contributed by atoms with Crippen LogP contribution in [0.15, 0.2) is 36.4 Å². The summed E-state index contributed by atoms with van der Waals surface area (Å²) in [6, 6.07) is 6.70. The number of benzene rings is 2.